The largest absolute Gasteiger partial charge is 0.404 e. The van der Waals surface area contributed by atoms with Gasteiger partial charge in [-0.05, 0) is 58.0 Å². The minimum Gasteiger partial charge on any atom is -0.404 e. The van der Waals surface area contributed by atoms with Crippen LogP contribution >= 0.6 is 11.8 Å². The van der Waals surface area contributed by atoms with Crippen molar-refractivity contribution in [2.45, 2.75) is 12.6 Å². The van der Waals surface area contributed by atoms with Crippen LogP contribution in [0.5, 0.6) is 0 Å². The highest BCUT2D eigenvalue weighted by atomic mass is 32.2. The number of fused-ring (bicyclic) bond motifs is 1. The van der Waals surface area contributed by atoms with Crippen LogP contribution in [0.25, 0.3) is 21.9 Å². The van der Waals surface area contributed by atoms with Crippen LogP contribution in [0.15, 0.2) is 96.0 Å². The van der Waals surface area contributed by atoms with E-state index in [0.717, 1.165) is 37.9 Å². The second-order valence-corrected chi connectivity index (χ2v) is 9.19. The first-order valence-electron chi connectivity index (χ1n) is 11.6. The number of benzene rings is 4. The number of nitriles is 1. The van der Waals surface area contributed by atoms with Crippen molar-refractivity contribution in [2.24, 2.45) is 5.73 Å². The van der Waals surface area contributed by atoms with Crippen molar-refractivity contribution < 1.29 is 4.79 Å². The van der Waals surface area contributed by atoms with Crippen molar-refractivity contribution in [1.82, 2.24) is 10.6 Å². The number of amides is 1. The first-order valence-corrected chi connectivity index (χ1v) is 12.8. The summed E-state index contributed by atoms with van der Waals surface area (Å²) < 4.78 is 0. The summed E-state index contributed by atoms with van der Waals surface area (Å²) in [6.45, 7) is 0.584. The van der Waals surface area contributed by atoms with Crippen LogP contribution in [-0.4, -0.2) is 19.2 Å². The Morgan fingerprint density at radius 3 is 2.47 bits per heavy atom. The SMILES string of the molecule is CNC(=O)c1ccc(CNC(/C(=C/N)SC)c2ccc(C#N)c(-c3cccc4ccccc34)c2)cc1. The average molecular weight is 493 g/mol. The topological polar surface area (TPSA) is 90.9 Å². The number of carbonyl (C=O) groups excluding carboxylic acids is 1. The number of carbonyl (C=O) groups is 1. The van der Waals surface area contributed by atoms with Crippen molar-refractivity contribution >= 4 is 28.4 Å². The quantitative estimate of drug-likeness (QED) is 0.292. The highest BCUT2D eigenvalue weighted by Crippen LogP contribution is 2.35. The van der Waals surface area contributed by atoms with E-state index in [4.69, 9.17) is 5.73 Å². The van der Waals surface area contributed by atoms with E-state index in [2.05, 4.69) is 47.0 Å². The molecule has 4 N–H and O–H groups in total. The van der Waals surface area contributed by atoms with E-state index in [-0.39, 0.29) is 11.9 Å². The van der Waals surface area contributed by atoms with Gasteiger partial charge in [0.15, 0.2) is 0 Å². The van der Waals surface area contributed by atoms with Crippen LogP contribution in [0.4, 0.5) is 0 Å². The first kappa shape index (κ1) is 25.1. The zero-order valence-corrected chi connectivity index (χ0v) is 21.1. The van der Waals surface area contributed by atoms with Gasteiger partial charge >= 0.3 is 0 Å². The van der Waals surface area contributed by atoms with Crippen LogP contribution in [0.2, 0.25) is 0 Å². The van der Waals surface area contributed by atoms with Crippen molar-refractivity contribution in [3.05, 3.63) is 118 Å². The monoisotopic (exact) mass is 492 g/mol. The molecule has 0 bridgehead atoms. The van der Waals surface area contributed by atoms with Gasteiger partial charge in [0.1, 0.15) is 0 Å². The highest BCUT2D eigenvalue weighted by molar-refractivity contribution is 8.02. The summed E-state index contributed by atoms with van der Waals surface area (Å²) in [5.41, 5.74) is 11.3. The average Bonchev–Trinajstić information content (AvgIpc) is 2.94. The Balaban J connectivity index is 1.71. The zero-order valence-electron chi connectivity index (χ0n) is 20.3. The van der Waals surface area contributed by atoms with Gasteiger partial charge in [0, 0.05) is 35.8 Å². The maximum atomic E-state index is 11.9. The van der Waals surface area contributed by atoms with Gasteiger partial charge in [0.2, 0.25) is 0 Å². The van der Waals surface area contributed by atoms with Gasteiger partial charge in [-0.25, -0.2) is 0 Å². The number of thioether (sulfide) groups is 1. The van der Waals surface area contributed by atoms with E-state index in [1.807, 2.05) is 60.9 Å². The third-order valence-corrected chi connectivity index (χ3v) is 7.06. The molecule has 1 atom stereocenters. The molecule has 0 aliphatic carbocycles. The molecule has 180 valence electrons. The molecule has 1 amide bonds. The van der Waals surface area contributed by atoms with Crippen LogP contribution in [0, 0.1) is 11.3 Å². The standard InChI is InChI=1S/C30H28N4OS/c1-33-30(35)22-12-10-20(11-13-22)19-34-29(28(18-32)36-2)23-14-15-24(17-31)27(16-23)26-9-5-7-21-6-3-4-8-25(21)26/h3-16,18,29,34H,19,32H2,1-2H3,(H,33,35)/b28-18-. The van der Waals surface area contributed by atoms with Crippen LogP contribution in [0.1, 0.15) is 33.1 Å². The summed E-state index contributed by atoms with van der Waals surface area (Å²) in [6.07, 6.45) is 3.63. The molecule has 0 aliphatic heterocycles. The zero-order chi connectivity index (χ0) is 25.5. The molecule has 0 radical (unpaired) electrons. The Morgan fingerprint density at radius 1 is 1.03 bits per heavy atom. The Morgan fingerprint density at radius 2 is 1.78 bits per heavy atom. The fourth-order valence-corrected chi connectivity index (χ4v) is 4.92. The smallest absolute Gasteiger partial charge is 0.251 e. The van der Waals surface area contributed by atoms with Crippen molar-refractivity contribution in [1.29, 1.82) is 5.26 Å². The number of nitrogens with zero attached hydrogens (tertiary/aromatic N) is 1. The minimum absolute atomic E-state index is 0.110. The first-order chi connectivity index (χ1) is 17.6. The normalized spacial score (nSPS) is 12.2. The van der Waals surface area contributed by atoms with E-state index in [1.165, 1.54) is 0 Å². The predicted molar refractivity (Wildman–Crippen MR) is 149 cm³/mol. The lowest BCUT2D eigenvalue weighted by Crippen LogP contribution is -2.23. The maximum Gasteiger partial charge on any atom is 0.251 e. The van der Waals surface area contributed by atoms with Crippen molar-refractivity contribution in [2.75, 3.05) is 13.3 Å². The molecule has 4 aromatic rings. The van der Waals surface area contributed by atoms with E-state index in [1.54, 1.807) is 25.0 Å². The second-order valence-electron chi connectivity index (χ2n) is 8.31. The van der Waals surface area contributed by atoms with Crippen LogP contribution < -0.4 is 16.4 Å². The summed E-state index contributed by atoms with van der Waals surface area (Å²) in [7, 11) is 1.62. The fraction of sp³-hybridized carbons (Fsp3) is 0.133. The van der Waals surface area contributed by atoms with Crippen LogP contribution in [-0.2, 0) is 6.54 Å². The predicted octanol–water partition coefficient (Wildman–Crippen LogP) is 5.73. The molecule has 6 heteroatoms. The van der Waals surface area contributed by atoms with Gasteiger partial charge in [-0.2, -0.15) is 5.26 Å². The van der Waals surface area contributed by atoms with Crippen molar-refractivity contribution in [3.63, 3.8) is 0 Å². The summed E-state index contributed by atoms with van der Waals surface area (Å²) in [6, 6.07) is 30.1. The van der Waals surface area contributed by atoms with E-state index < -0.39 is 0 Å². The number of nitrogens with one attached hydrogen (secondary N) is 2. The van der Waals surface area contributed by atoms with Crippen LogP contribution in [0.3, 0.4) is 0 Å². The molecule has 4 aromatic carbocycles. The molecule has 36 heavy (non-hydrogen) atoms. The molecule has 0 saturated carbocycles. The van der Waals surface area contributed by atoms with Gasteiger partial charge in [-0.15, -0.1) is 11.8 Å². The number of hydrogen-bond donors (Lipinski definition) is 3. The number of rotatable bonds is 8. The molecule has 1 unspecified atom stereocenters. The Kier molecular flexibility index (Phi) is 8.06. The Bertz CT molecular complexity index is 1450. The summed E-state index contributed by atoms with van der Waals surface area (Å²) in [5.74, 6) is -0.110. The molecular formula is C30H28N4OS. The molecule has 0 saturated heterocycles. The summed E-state index contributed by atoms with van der Waals surface area (Å²) >= 11 is 1.59. The van der Waals surface area contributed by atoms with Gasteiger partial charge in [0.05, 0.1) is 17.7 Å². The molecule has 0 spiro atoms. The Labute approximate surface area is 216 Å². The third-order valence-electron chi connectivity index (χ3n) is 6.22. The van der Waals surface area contributed by atoms with Gasteiger partial charge in [0.25, 0.3) is 5.91 Å². The van der Waals surface area contributed by atoms with Gasteiger partial charge < -0.3 is 16.4 Å². The molecule has 0 fully saturated rings. The van der Waals surface area contributed by atoms with E-state index in [0.29, 0.717) is 17.7 Å². The van der Waals surface area contributed by atoms with E-state index in [9.17, 15) is 10.1 Å². The molecular weight excluding hydrogens is 464 g/mol. The molecule has 0 aromatic heterocycles. The molecule has 0 heterocycles. The van der Waals surface area contributed by atoms with E-state index >= 15 is 0 Å². The fourth-order valence-electron chi connectivity index (χ4n) is 4.33. The van der Waals surface area contributed by atoms with Gasteiger partial charge in [-0.3, -0.25) is 4.79 Å². The lowest BCUT2D eigenvalue weighted by atomic mass is 9.92. The number of nitrogens with two attached hydrogens (primary N) is 1. The Hall–Kier alpha value is -4.05. The summed E-state index contributed by atoms with van der Waals surface area (Å²) in [4.78, 5) is 12.8. The lowest BCUT2D eigenvalue weighted by molar-refractivity contribution is 0.0963. The number of hydrogen-bond acceptors (Lipinski definition) is 5. The third kappa shape index (κ3) is 5.28. The second kappa shape index (κ2) is 11.6. The minimum atomic E-state index is -0.162. The summed E-state index contributed by atoms with van der Waals surface area (Å²) in [5, 5.41) is 18.4. The highest BCUT2D eigenvalue weighted by Gasteiger charge is 2.19. The lowest BCUT2D eigenvalue weighted by Gasteiger charge is -2.22. The molecule has 0 aliphatic rings. The maximum absolute atomic E-state index is 11.9. The van der Waals surface area contributed by atoms with Gasteiger partial charge in [-0.1, -0.05) is 60.7 Å². The molecule has 4 rings (SSSR count). The van der Waals surface area contributed by atoms with Crippen molar-refractivity contribution in [3.8, 4) is 17.2 Å². The molecule has 5 nitrogen and oxygen atoms in total.